The Balaban J connectivity index is 2.38. The molecular formula is C15H19N3O2S. The zero-order valence-electron chi connectivity index (χ0n) is 12.4. The lowest BCUT2D eigenvalue weighted by molar-refractivity contribution is 0.465. The summed E-state index contributed by atoms with van der Waals surface area (Å²) in [6.45, 7) is 3.82. The minimum Gasteiger partial charge on any atom is -0.399 e. The highest BCUT2D eigenvalue weighted by molar-refractivity contribution is 7.89. The lowest BCUT2D eigenvalue weighted by Gasteiger charge is -2.20. The molecule has 0 aliphatic carbocycles. The number of aromatic nitrogens is 1. The Labute approximate surface area is 125 Å². The van der Waals surface area contributed by atoms with E-state index in [1.165, 1.54) is 4.31 Å². The van der Waals surface area contributed by atoms with E-state index in [-0.39, 0.29) is 0 Å². The maximum Gasteiger partial charge on any atom is 0.243 e. The van der Waals surface area contributed by atoms with E-state index in [0.717, 1.165) is 5.56 Å². The van der Waals surface area contributed by atoms with Crippen LogP contribution in [0.15, 0.2) is 41.6 Å². The van der Waals surface area contributed by atoms with Gasteiger partial charge in [-0.2, -0.15) is 4.31 Å². The van der Waals surface area contributed by atoms with Crippen LogP contribution in [0.5, 0.6) is 0 Å². The number of nitrogen functional groups attached to an aromatic ring is 1. The minimum atomic E-state index is -3.56. The third-order valence-electron chi connectivity index (χ3n) is 3.31. The summed E-state index contributed by atoms with van der Waals surface area (Å²) in [6.07, 6.45) is 3.30. The maximum absolute atomic E-state index is 12.8. The summed E-state index contributed by atoms with van der Waals surface area (Å²) in [5, 5.41) is 0. The number of nitrogens with zero attached hydrogens (tertiary/aromatic N) is 2. The average Bonchev–Trinajstić information content (AvgIpc) is 2.38. The molecule has 0 spiro atoms. The number of benzene rings is 1. The lowest BCUT2D eigenvalue weighted by Crippen LogP contribution is -2.27. The molecule has 1 aromatic carbocycles. The number of hydrogen-bond donors (Lipinski definition) is 1. The molecule has 5 nitrogen and oxygen atoms in total. The first kappa shape index (κ1) is 15.5. The van der Waals surface area contributed by atoms with Crippen molar-refractivity contribution in [2.45, 2.75) is 25.3 Å². The molecule has 1 aromatic heterocycles. The second kappa shape index (κ2) is 5.83. The molecule has 6 heteroatoms. The van der Waals surface area contributed by atoms with Gasteiger partial charge in [0, 0.05) is 31.7 Å². The van der Waals surface area contributed by atoms with Gasteiger partial charge in [0.2, 0.25) is 10.0 Å². The van der Waals surface area contributed by atoms with Crippen LogP contribution >= 0.6 is 0 Å². The van der Waals surface area contributed by atoms with Crippen LogP contribution in [0, 0.1) is 13.8 Å². The smallest absolute Gasteiger partial charge is 0.243 e. The number of anilines is 1. The Morgan fingerprint density at radius 2 is 1.67 bits per heavy atom. The predicted molar refractivity (Wildman–Crippen MR) is 83.2 cm³/mol. The van der Waals surface area contributed by atoms with E-state index in [4.69, 9.17) is 5.73 Å². The molecular weight excluding hydrogens is 286 g/mol. The number of sulfonamides is 1. The van der Waals surface area contributed by atoms with Crippen LogP contribution in [0.1, 0.15) is 16.7 Å². The Bertz CT molecular complexity index is 720. The van der Waals surface area contributed by atoms with Crippen molar-refractivity contribution >= 4 is 15.7 Å². The average molecular weight is 305 g/mol. The maximum atomic E-state index is 12.8. The highest BCUT2D eigenvalue weighted by atomic mass is 32.2. The van der Waals surface area contributed by atoms with E-state index in [1.54, 1.807) is 57.6 Å². The summed E-state index contributed by atoms with van der Waals surface area (Å²) in [6, 6.07) is 6.96. The van der Waals surface area contributed by atoms with Gasteiger partial charge in [-0.15, -0.1) is 0 Å². The number of pyridine rings is 1. The SMILES string of the molecule is Cc1cc(N)cc(C)c1S(=O)(=O)N(C)Cc1ccncc1. The Morgan fingerprint density at radius 1 is 1.14 bits per heavy atom. The zero-order valence-corrected chi connectivity index (χ0v) is 13.2. The van der Waals surface area contributed by atoms with Crippen LogP contribution < -0.4 is 5.73 Å². The standard InChI is InChI=1S/C15H19N3O2S/c1-11-8-14(16)9-12(2)15(11)21(19,20)18(3)10-13-4-6-17-7-5-13/h4-9H,10,16H2,1-3H3. The van der Waals surface area contributed by atoms with Crippen LogP contribution in [0.4, 0.5) is 5.69 Å². The molecule has 2 N–H and O–H groups in total. The van der Waals surface area contributed by atoms with Crippen molar-refractivity contribution < 1.29 is 8.42 Å². The van der Waals surface area contributed by atoms with Gasteiger partial charge < -0.3 is 5.73 Å². The van der Waals surface area contributed by atoms with Crippen molar-refractivity contribution in [2.75, 3.05) is 12.8 Å². The quantitative estimate of drug-likeness (QED) is 0.878. The molecule has 2 aromatic rings. The molecule has 0 amide bonds. The van der Waals surface area contributed by atoms with Gasteiger partial charge in [0.1, 0.15) is 0 Å². The molecule has 0 saturated carbocycles. The minimum absolute atomic E-state index is 0.300. The second-order valence-electron chi connectivity index (χ2n) is 5.10. The summed E-state index contributed by atoms with van der Waals surface area (Å²) in [5.74, 6) is 0. The Hall–Kier alpha value is -1.92. The van der Waals surface area contributed by atoms with Crippen molar-refractivity contribution in [3.05, 3.63) is 53.3 Å². The van der Waals surface area contributed by atoms with E-state index in [0.29, 0.717) is 28.3 Å². The number of rotatable bonds is 4. The van der Waals surface area contributed by atoms with Crippen molar-refractivity contribution in [3.8, 4) is 0 Å². The third kappa shape index (κ3) is 3.22. The summed E-state index contributed by atoms with van der Waals surface area (Å²) in [5.41, 5.74) is 8.54. The van der Waals surface area contributed by atoms with Gasteiger partial charge >= 0.3 is 0 Å². The monoisotopic (exact) mass is 305 g/mol. The molecule has 0 unspecified atom stereocenters. The largest absolute Gasteiger partial charge is 0.399 e. The van der Waals surface area contributed by atoms with Gasteiger partial charge in [0.05, 0.1) is 4.90 Å². The van der Waals surface area contributed by atoms with Gasteiger partial charge in [-0.3, -0.25) is 4.98 Å². The summed E-state index contributed by atoms with van der Waals surface area (Å²) >= 11 is 0. The van der Waals surface area contributed by atoms with Crippen molar-refractivity contribution in [1.82, 2.24) is 9.29 Å². The van der Waals surface area contributed by atoms with Crippen LogP contribution in [0.25, 0.3) is 0 Å². The Kier molecular flexibility index (Phi) is 4.29. The number of nitrogens with two attached hydrogens (primary N) is 1. The molecule has 0 radical (unpaired) electrons. The number of hydrogen-bond acceptors (Lipinski definition) is 4. The summed E-state index contributed by atoms with van der Waals surface area (Å²) in [4.78, 5) is 4.26. The van der Waals surface area contributed by atoms with E-state index in [2.05, 4.69) is 4.98 Å². The van der Waals surface area contributed by atoms with E-state index in [1.807, 2.05) is 0 Å². The summed E-state index contributed by atoms with van der Waals surface area (Å²) in [7, 11) is -1.98. The fraction of sp³-hybridized carbons (Fsp3) is 0.267. The molecule has 112 valence electrons. The number of aryl methyl sites for hydroxylation is 2. The first-order valence-corrected chi connectivity index (χ1v) is 7.98. The van der Waals surface area contributed by atoms with Gasteiger partial charge in [-0.05, 0) is 54.8 Å². The molecule has 2 rings (SSSR count). The fourth-order valence-corrected chi connectivity index (χ4v) is 3.94. The van der Waals surface area contributed by atoms with Gasteiger partial charge in [-0.25, -0.2) is 8.42 Å². The fourth-order valence-electron chi connectivity index (χ4n) is 2.38. The molecule has 0 aliphatic heterocycles. The van der Waals surface area contributed by atoms with Crippen molar-refractivity contribution in [3.63, 3.8) is 0 Å². The molecule has 1 heterocycles. The Morgan fingerprint density at radius 3 is 2.19 bits per heavy atom. The highest BCUT2D eigenvalue weighted by Crippen LogP contribution is 2.26. The van der Waals surface area contributed by atoms with Crippen LogP contribution in [-0.4, -0.2) is 24.8 Å². The first-order valence-electron chi connectivity index (χ1n) is 6.54. The highest BCUT2D eigenvalue weighted by Gasteiger charge is 2.25. The normalized spacial score (nSPS) is 11.8. The first-order chi connectivity index (χ1) is 9.82. The summed E-state index contributed by atoms with van der Waals surface area (Å²) < 4.78 is 26.9. The van der Waals surface area contributed by atoms with Crippen LogP contribution in [0.2, 0.25) is 0 Å². The predicted octanol–water partition coefficient (Wildman–Crippen LogP) is 2.10. The molecule has 0 atom stereocenters. The van der Waals surface area contributed by atoms with Crippen LogP contribution in [-0.2, 0) is 16.6 Å². The van der Waals surface area contributed by atoms with E-state index >= 15 is 0 Å². The van der Waals surface area contributed by atoms with E-state index < -0.39 is 10.0 Å². The second-order valence-corrected chi connectivity index (χ2v) is 7.08. The molecule has 21 heavy (non-hydrogen) atoms. The third-order valence-corrected chi connectivity index (χ3v) is 5.42. The van der Waals surface area contributed by atoms with E-state index in [9.17, 15) is 8.42 Å². The molecule has 0 aliphatic rings. The van der Waals surface area contributed by atoms with Crippen LogP contribution in [0.3, 0.4) is 0 Å². The molecule has 0 saturated heterocycles. The lowest BCUT2D eigenvalue weighted by atomic mass is 10.1. The zero-order chi connectivity index (χ0) is 15.6. The molecule has 0 bridgehead atoms. The van der Waals surface area contributed by atoms with Crippen molar-refractivity contribution in [2.24, 2.45) is 0 Å². The topological polar surface area (TPSA) is 76.3 Å². The van der Waals surface area contributed by atoms with Gasteiger partial charge in [0.15, 0.2) is 0 Å². The molecule has 0 fully saturated rings. The van der Waals surface area contributed by atoms with Crippen molar-refractivity contribution in [1.29, 1.82) is 0 Å². The van der Waals surface area contributed by atoms with Gasteiger partial charge in [0.25, 0.3) is 0 Å². The van der Waals surface area contributed by atoms with Gasteiger partial charge in [-0.1, -0.05) is 0 Å².